The highest BCUT2D eigenvalue weighted by molar-refractivity contribution is 5.99. The zero-order chi connectivity index (χ0) is 11.1. The molecule has 0 bridgehead atoms. The molecule has 0 aliphatic carbocycles. The fourth-order valence-electron chi connectivity index (χ4n) is 2.09. The highest BCUT2D eigenvalue weighted by Gasteiger charge is 2.05. The van der Waals surface area contributed by atoms with Gasteiger partial charge in [0.05, 0.1) is 0 Å². The molecule has 0 saturated heterocycles. The number of hydrogen-bond acceptors (Lipinski definition) is 2. The number of rotatable bonds is 0. The number of benzene rings is 2. The molecule has 3 rings (SSSR count). The van der Waals surface area contributed by atoms with Crippen molar-refractivity contribution in [1.29, 1.82) is 0 Å². The Balaban J connectivity index is 2.61. The van der Waals surface area contributed by atoms with Gasteiger partial charge < -0.3 is 4.42 Å². The molecule has 2 nitrogen and oxygen atoms in total. The van der Waals surface area contributed by atoms with Gasteiger partial charge in [0.2, 0.25) is 0 Å². The molecular formula is C14H10O2. The molecule has 1 heterocycles. The van der Waals surface area contributed by atoms with Crippen molar-refractivity contribution in [2.24, 2.45) is 0 Å². The standard InChI is InChI=1S/C14H10O2/c1-9-12-5-3-2-4-10(12)8-11-6-7-13(15)16-14(9)11/h2-8H,1H3. The lowest BCUT2D eigenvalue weighted by Gasteiger charge is -2.05. The molecule has 1 aromatic heterocycles. The van der Waals surface area contributed by atoms with Crippen molar-refractivity contribution in [3.63, 3.8) is 0 Å². The first kappa shape index (κ1) is 9.16. The van der Waals surface area contributed by atoms with E-state index in [9.17, 15) is 4.79 Å². The van der Waals surface area contributed by atoms with Crippen LogP contribution in [0.25, 0.3) is 21.7 Å². The largest absolute Gasteiger partial charge is 0.422 e. The van der Waals surface area contributed by atoms with Crippen LogP contribution >= 0.6 is 0 Å². The molecule has 0 spiro atoms. The molecule has 78 valence electrons. The van der Waals surface area contributed by atoms with Crippen molar-refractivity contribution >= 4 is 21.7 Å². The van der Waals surface area contributed by atoms with Crippen LogP contribution in [0.2, 0.25) is 0 Å². The lowest BCUT2D eigenvalue weighted by Crippen LogP contribution is -1.95. The summed E-state index contributed by atoms with van der Waals surface area (Å²) >= 11 is 0. The smallest absolute Gasteiger partial charge is 0.336 e. The first-order valence-corrected chi connectivity index (χ1v) is 5.18. The molecule has 2 aromatic carbocycles. The molecule has 2 heteroatoms. The van der Waals surface area contributed by atoms with Crippen LogP contribution in [0.5, 0.6) is 0 Å². The summed E-state index contributed by atoms with van der Waals surface area (Å²) in [5, 5.41) is 3.27. The second kappa shape index (κ2) is 3.20. The number of aryl methyl sites for hydroxylation is 1. The third kappa shape index (κ3) is 1.23. The summed E-state index contributed by atoms with van der Waals surface area (Å²) in [6.07, 6.45) is 0. The van der Waals surface area contributed by atoms with E-state index in [2.05, 4.69) is 6.07 Å². The van der Waals surface area contributed by atoms with Crippen LogP contribution in [0.15, 0.2) is 51.7 Å². The summed E-state index contributed by atoms with van der Waals surface area (Å²) in [5.41, 5.74) is 1.41. The van der Waals surface area contributed by atoms with Gasteiger partial charge >= 0.3 is 5.63 Å². The van der Waals surface area contributed by atoms with E-state index in [1.807, 2.05) is 31.2 Å². The van der Waals surface area contributed by atoms with E-state index >= 15 is 0 Å². The molecular weight excluding hydrogens is 200 g/mol. The molecule has 0 N–H and O–H groups in total. The maximum absolute atomic E-state index is 11.2. The van der Waals surface area contributed by atoms with Crippen LogP contribution in [-0.4, -0.2) is 0 Å². The predicted molar refractivity (Wildman–Crippen MR) is 64.7 cm³/mol. The predicted octanol–water partition coefficient (Wildman–Crippen LogP) is 3.25. The normalized spacial score (nSPS) is 11.1. The fraction of sp³-hybridized carbons (Fsp3) is 0.0714. The Labute approximate surface area is 92.1 Å². The van der Waals surface area contributed by atoms with Crippen LogP contribution in [0, 0.1) is 6.92 Å². The zero-order valence-corrected chi connectivity index (χ0v) is 8.86. The summed E-state index contributed by atoms with van der Waals surface area (Å²) in [6.45, 7) is 1.98. The highest BCUT2D eigenvalue weighted by Crippen LogP contribution is 2.26. The Morgan fingerprint density at radius 3 is 2.69 bits per heavy atom. The molecule has 3 aromatic rings. The molecule has 0 aliphatic rings. The average molecular weight is 210 g/mol. The van der Waals surface area contributed by atoms with Gasteiger partial charge in [-0.1, -0.05) is 24.3 Å². The van der Waals surface area contributed by atoms with Crippen LogP contribution < -0.4 is 5.63 Å². The minimum absolute atomic E-state index is 0.300. The molecule has 0 atom stereocenters. The van der Waals surface area contributed by atoms with Crippen molar-refractivity contribution in [1.82, 2.24) is 0 Å². The van der Waals surface area contributed by atoms with Crippen molar-refractivity contribution in [3.05, 3.63) is 58.4 Å². The summed E-state index contributed by atoms with van der Waals surface area (Å²) in [4.78, 5) is 11.2. The van der Waals surface area contributed by atoms with Crippen LogP contribution in [-0.2, 0) is 0 Å². The van der Waals surface area contributed by atoms with Gasteiger partial charge in [0.25, 0.3) is 0 Å². The lowest BCUT2D eigenvalue weighted by molar-refractivity contribution is 0.559. The number of fused-ring (bicyclic) bond motifs is 2. The van der Waals surface area contributed by atoms with Crippen molar-refractivity contribution in [3.8, 4) is 0 Å². The summed E-state index contributed by atoms with van der Waals surface area (Å²) in [6, 6.07) is 13.4. The quantitative estimate of drug-likeness (QED) is 0.421. The van der Waals surface area contributed by atoms with E-state index in [4.69, 9.17) is 4.42 Å². The number of hydrogen-bond donors (Lipinski definition) is 0. The molecule has 16 heavy (non-hydrogen) atoms. The van der Waals surface area contributed by atoms with Crippen molar-refractivity contribution in [2.75, 3.05) is 0 Å². The minimum Gasteiger partial charge on any atom is -0.422 e. The van der Waals surface area contributed by atoms with Gasteiger partial charge in [-0.15, -0.1) is 0 Å². The maximum Gasteiger partial charge on any atom is 0.336 e. The Morgan fingerprint density at radius 1 is 1.00 bits per heavy atom. The van der Waals surface area contributed by atoms with Gasteiger partial charge in [-0.2, -0.15) is 0 Å². The van der Waals surface area contributed by atoms with E-state index in [0.29, 0.717) is 5.58 Å². The fourth-order valence-corrected chi connectivity index (χ4v) is 2.09. The second-order valence-corrected chi connectivity index (χ2v) is 3.90. The van der Waals surface area contributed by atoms with E-state index in [1.54, 1.807) is 6.07 Å². The van der Waals surface area contributed by atoms with Crippen LogP contribution in [0.4, 0.5) is 0 Å². The second-order valence-electron chi connectivity index (χ2n) is 3.90. The van der Waals surface area contributed by atoms with Crippen molar-refractivity contribution in [2.45, 2.75) is 6.92 Å². The summed E-state index contributed by atoms with van der Waals surface area (Å²) < 4.78 is 5.24. The van der Waals surface area contributed by atoms with E-state index in [1.165, 1.54) is 11.5 Å². The average Bonchev–Trinajstić information content (AvgIpc) is 2.31. The molecule has 0 fully saturated rings. The van der Waals surface area contributed by atoms with E-state index in [-0.39, 0.29) is 5.63 Å². The Morgan fingerprint density at radius 2 is 1.81 bits per heavy atom. The molecule has 0 radical (unpaired) electrons. The Bertz CT molecular complexity index is 738. The first-order valence-electron chi connectivity index (χ1n) is 5.18. The van der Waals surface area contributed by atoms with Gasteiger partial charge in [-0.25, -0.2) is 4.79 Å². The SMILES string of the molecule is Cc1c2ccccc2cc2ccc(=O)oc12. The Hall–Kier alpha value is -2.09. The third-order valence-electron chi connectivity index (χ3n) is 2.88. The molecule has 0 amide bonds. The topological polar surface area (TPSA) is 30.2 Å². The van der Waals surface area contributed by atoms with Gasteiger partial charge in [0.1, 0.15) is 5.58 Å². The zero-order valence-electron chi connectivity index (χ0n) is 8.86. The van der Waals surface area contributed by atoms with Crippen LogP contribution in [0.1, 0.15) is 5.56 Å². The molecule has 0 aliphatic heterocycles. The Kier molecular flexibility index (Phi) is 1.83. The summed E-state index contributed by atoms with van der Waals surface area (Å²) in [5.74, 6) is 0. The highest BCUT2D eigenvalue weighted by atomic mass is 16.4. The van der Waals surface area contributed by atoms with Crippen LogP contribution in [0.3, 0.4) is 0 Å². The molecule has 0 saturated carbocycles. The van der Waals surface area contributed by atoms with Gasteiger partial charge in [-0.3, -0.25) is 0 Å². The third-order valence-corrected chi connectivity index (χ3v) is 2.88. The van der Waals surface area contributed by atoms with Gasteiger partial charge in [0.15, 0.2) is 0 Å². The van der Waals surface area contributed by atoms with Gasteiger partial charge in [0, 0.05) is 17.0 Å². The maximum atomic E-state index is 11.2. The van der Waals surface area contributed by atoms with E-state index in [0.717, 1.165) is 16.3 Å². The van der Waals surface area contributed by atoms with E-state index < -0.39 is 0 Å². The lowest BCUT2D eigenvalue weighted by atomic mass is 10.0. The monoisotopic (exact) mass is 210 g/mol. The van der Waals surface area contributed by atoms with Crippen molar-refractivity contribution < 1.29 is 4.42 Å². The minimum atomic E-state index is -0.300. The van der Waals surface area contributed by atoms with Gasteiger partial charge in [-0.05, 0) is 29.8 Å². The first-order chi connectivity index (χ1) is 7.75. The molecule has 0 unspecified atom stereocenters. The summed E-state index contributed by atoms with van der Waals surface area (Å²) in [7, 11) is 0.